The van der Waals surface area contributed by atoms with Crippen LogP contribution in [-0.2, 0) is 4.79 Å². The van der Waals surface area contributed by atoms with Crippen molar-refractivity contribution in [3.8, 4) is 11.8 Å². The molecular weight excluding hydrogens is 402 g/mol. The van der Waals surface area contributed by atoms with E-state index in [0.717, 1.165) is 11.3 Å². The Morgan fingerprint density at radius 2 is 2.07 bits per heavy atom. The lowest BCUT2D eigenvalue weighted by Crippen LogP contribution is -2.37. The number of hydrogen-bond donors (Lipinski definition) is 0. The third kappa shape index (κ3) is 4.07. The molecule has 1 aromatic heterocycles. The van der Waals surface area contributed by atoms with Gasteiger partial charge in [0.25, 0.3) is 5.91 Å². The molecule has 150 valence electrons. The van der Waals surface area contributed by atoms with Crippen LogP contribution in [0.4, 0.5) is 0 Å². The van der Waals surface area contributed by atoms with Gasteiger partial charge in [-0.3, -0.25) is 4.79 Å². The number of ether oxygens (including phenoxy) is 1. The van der Waals surface area contributed by atoms with Gasteiger partial charge in [-0.2, -0.15) is 10.4 Å². The number of carbonyl (C=O) groups excluding carboxylic acids is 1. The predicted molar refractivity (Wildman–Crippen MR) is 112 cm³/mol. The number of amides is 1. The lowest BCUT2D eigenvalue weighted by Gasteiger charge is -2.23. The van der Waals surface area contributed by atoms with E-state index in [1.807, 2.05) is 18.2 Å². The average molecular weight is 420 g/mol. The summed E-state index contributed by atoms with van der Waals surface area (Å²) in [6.07, 6.45) is 1.29. The predicted octanol–water partition coefficient (Wildman–Crippen LogP) is 4.95. The Labute approximate surface area is 178 Å². The molecule has 2 unspecified atom stereocenters. The molecule has 1 aliphatic rings. The molecular formula is C23H18ClN3O3. The van der Waals surface area contributed by atoms with Crippen molar-refractivity contribution < 1.29 is 13.9 Å². The van der Waals surface area contributed by atoms with Gasteiger partial charge in [0.05, 0.1) is 23.6 Å². The van der Waals surface area contributed by atoms with Gasteiger partial charge in [0.1, 0.15) is 17.6 Å². The summed E-state index contributed by atoms with van der Waals surface area (Å²) in [5.41, 5.74) is 2.12. The molecule has 0 aliphatic carbocycles. The van der Waals surface area contributed by atoms with Crippen LogP contribution < -0.4 is 4.74 Å². The molecule has 0 spiro atoms. The average Bonchev–Trinajstić information content (AvgIpc) is 3.44. The molecule has 0 bridgehead atoms. The normalized spacial score (nSPS) is 16.6. The fourth-order valence-electron chi connectivity index (χ4n) is 3.31. The van der Waals surface area contributed by atoms with Gasteiger partial charge in [0.15, 0.2) is 6.10 Å². The molecule has 4 rings (SSSR count). The van der Waals surface area contributed by atoms with Gasteiger partial charge in [-0.25, -0.2) is 5.01 Å². The molecule has 6 nitrogen and oxygen atoms in total. The van der Waals surface area contributed by atoms with Crippen LogP contribution >= 0.6 is 11.6 Å². The molecule has 0 fully saturated rings. The Balaban J connectivity index is 1.59. The molecule has 1 aliphatic heterocycles. The Bertz CT molecular complexity index is 1120. The molecule has 2 aromatic carbocycles. The standard InChI is InChI=1S/C23H18ClN3O3/c1-15(30-19-5-2-4-16(12-19)14-25)23(28)27-21(22-6-3-11-29-22)13-20(26-27)17-7-9-18(24)10-8-17/h2-12,15,21H,13H2,1H3. The molecule has 30 heavy (non-hydrogen) atoms. The van der Waals surface area contributed by atoms with Crippen LogP contribution in [-0.4, -0.2) is 22.7 Å². The SMILES string of the molecule is CC(Oc1cccc(C#N)c1)C(=O)N1N=C(c2ccc(Cl)cc2)CC1c1ccco1. The maximum Gasteiger partial charge on any atom is 0.284 e. The number of nitriles is 1. The number of nitrogens with zero attached hydrogens (tertiary/aromatic N) is 3. The second-order valence-electron chi connectivity index (χ2n) is 6.87. The van der Waals surface area contributed by atoms with E-state index >= 15 is 0 Å². The van der Waals surface area contributed by atoms with Gasteiger partial charge in [-0.05, 0) is 55.0 Å². The summed E-state index contributed by atoms with van der Waals surface area (Å²) in [6.45, 7) is 1.66. The van der Waals surface area contributed by atoms with Crippen LogP contribution in [0.2, 0.25) is 5.02 Å². The smallest absolute Gasteiger partial charge is 0.284 e. The highest BCUT2D eigenvalue weighted by atomic mass is 35.5. The van der Waals surface area contributed by atoms with Gasteiger partial charge in [-0.15, -0.1) is 0 Å². The third-order valence-electron chi connectivity index (χ3n) is 4.81. The van der Waals surface area contributed by atoms with Crippen molar-refractivity contribution in [2.24, 2.45) is 5.10 Å². The van der Waals surface area contributed by atoms with E-state index in [0.29, 0.717) is 28.5 Å². The zero-order valence-corrected chi connectivity index (χ0v) is 16.9. The monoisotopic (exact) mass is 419 g/mol. The van der Waals surface area contributed by atoms with E-state index in [1.54, 1.807) is 55.7 Å². The Kier molecular flexibility index (Phi) is 5.55. The van der Waals surface area contributed by atoms with Crippen LogP contribution in [0.25, 0.3) is 0 Å². The van der Waals surface area contributed by atoms with Gasteiger partial charge < -0.3 is 9.15 Å². The first-order valence-corrected chi connectivity index (χ1v) is 9.79. The van der Waals surface area contributed by atoms with Crippen molar-refractivity contribution in [1.82, 2.24) is 5.01 Å². The maximum absolute atomic E-state index is 13.2. The van der Waals surface area contributed by atoms with Crippen molar-refractivity contribution in [3.63, 3.8) is 0 Å². The topological polar surface area (TPSA) is 78.8 Å². The van der Waals surface area contributed by atoms with E-state index in [9.17, 15) is 4.79 Å². The van der Waals surface area contributed by atoms with Crippen LogP contribution in [0, 0.1) is 11.3 Å². The van der Waals surface area contributed by atoms with Crippen molar-refractivity contribution in [3.05, 3.63) is 88.8 Å². The quantitative estimate of drug-likeness (QED) is 0.586. The highest BCUT2D eigenvalue weighted by Gasteiger charge is 2.37. The van der Waals surface area contributed by atoms with E-state index in [4.69, 9.17) is 26.0 Å². The second-order valence-corrected chi connectivity index (χ2v) is 7.31. The first-order valence-electron chi connectivity index (χ1n) is 9.42. The lowest BCUT2D eigenvalue weighted by atomic mass is 10.0. The van der Waals surface area contributed by atoms with Crippen molar-refractivity contribution in [1.29, 1.82) is 5.26 Å². The summed E-state index contributed by atoms with van der Waals surface area (Å²) in [5, 5.41) is 15.7. The van der Waals surface area contributed by atoms with Crippen molar-refractivity contribution >= 4 is 23.2 Å². The molecule has 2 atom stereocenters. The minimum atomic E-state index is -0.801. The molecule has 0 N–H and O–H groups in total. The molecule has 3 aromatic rings. The molecule has 0 radical (unpaired) electrons. The zero-order chi connectivity index (χ0) is 21.1. The summed E-state index contributed by atoms with van der Waals surface area (Å²) in [4.78, 5) is 13.2. The van der Waals surface area contributed by atoms with Crippen LogP contribution in [0.3, 0.4) is 0 Å². The van der Waals surface area contributed by atoms with E-state index in [-0.39, 0.29) is 11.9 Å². The number of carbonyl (C=O) groups is 1. The first-order chi connectivity index (χ1) is 14.5. The molecule has 7 heteroatoms. The zero-order valence-electron chi connectivity index (χ0n) is 16.2. The minimum Gasteiger partial charge on any atom is -0.481 e. The summed E-state index contributed by atoms with van der Waals surface area (Å²) in [5.74, 6) is 0.794. The maximum atomic E-state index is 13.2. The molecule has 0 saturated carbocycles. The minimum absolute atomic E-state index is 0.303. The highest BCUT2D eigenvalue weighted by molar-refractivity contribution is 6.30. The Morgan fingerprint density at radius 1 is 1.27 bits per heavy atom. The lowest BCUT2D eigenvalue weighted by molar-refractivity contribution is -0.140. The number of hydrazone groups is 1. The summed E-state index contributed by atoms with van der Waals surface area (Å²) in [7, 11) is 0. The van der Waals surface area contributed by atoms with Gasteiger partial charge in [-0.1, -0.05) is 29.8 Å². The molecule has 1 amide bonds. The highest BCUT2D eigenvalue weighted by Crippen LogP contribution is 2.34. The van der Waals surface area contributed by atoms with Gasteiger partial charge in [0, 0.05) is 11.4 Å². The summed E-state index contributed by atoms with van der Waals surface area (Å²) in [6, 6.07) is 19.3. The van der Waals surface area contributed by atoms with Crippen LogP contribution in [0.1, 0.15) is 36.3 Å². The second kappa shape index (κ2) is 8.44. The Hall–Kier alpha value is -3.56. The Morgan fingerprint density at radius 3 is 2.77 bits per heavy atom. The number of benzene rings is 2. The molecule has 2 heterocycles. The van der Waals surface area contributed by atoms with Crippen molar-refractivity contribution in [2.75, 3.05) is 0 Å². The van der Waals surface area contributed by atoms with E-state index in [2.05, 4.69) is 11.2 Å². The van der Waals surface area contributed by atoms with Gasteiger partial charge >= 0.3 is 0 Å². The van der Waals surface area contributed by atoms with Crippen LogP contribution in [0.5, 0.6) is 5.75 Å². The number of halogens is 1. The summed E-state index contributed by atoms with van der Waals surface area (Å²) >= 11 is 5.99. The van der Waals surface area contributed by atoms with Crippen LogP contribution in [0.15, 0.2) is 76.4 Å². The van der Waals surface area contributed by atoms with E-state index < -0.39 is 6.10 Å². The molecule has 0 saturated heterocycles. The number of hydrogen-bond acceptors (Lipinski definition) is 5. The largest absolute Gasteiger partial charge is 0.481 e. The van der Waals surface area contributed by atoms with Crippen molar-refractivity contribution in [2.45, 2.75) is 25.5 Å². The first kappa shape index (κ1) is 19.7. The third-order valence-corrected chi connectivity index (χ3v) is 5.06. The fourth-order valence-corrected chi connectivity index (χ4v) is 3.44. The van der Waals surface area contributed by atoms with Gasteiger partial charge in [0.2, 0.25) is 0 Å². The fraction of sp³-hybridized carbons (Fsp3) is 0.174. The summed E-state index contributed by atoms with van der Waals surface area (Å²) < 4.78 is 11.4. The number of rotatable bonds is 5. The number of furan rings is 1. The van der Waals surface area contributed by atoms with E-state index in [1.165, 1.54) is 5.01 Å².